The predicted octanol–water partition coefficient (Wildman–Crippen LogP) is 1.36. The Balaban J connectivity index is 2.26. The van der Waals surface area contributed by atoms with Crippen LogP contribution in [-0.2, 0) is 14.3 Å². The molecule has 0 aliphatic heterocycles. The Morgan fingerprint density at radius 1 is 1.29 bits per heavy atom. The van der Waals surface area contributed by atoms with Crippen LogP contribution < -0.4 is 0 Å². The summed E-state index contributed by atoms with van der Waals surface area (Å²) in [4.78, 5) is 26.2. The number of hydrogen-bond acceptors (Lipinski definition) is 5. The smallest absolute Gasteiger partial charge is 0.357 e. The zero-order valence-electron chi connectivity index (χ0n) is 9.51. The van der Waals surface area contributed by atoms with Crippen molar-refractivity contribution in [3.63, 3.8) is 0 Å². The Labute approximate surface area is 99.1 Å². The van der Waals surface area contributed by atoms with Gasteiger partial charge in [0.1, 0.15) is 18.9 Å². The molecule has 0 spiro atoms. The van der Waals surface area contributed by atoms with Gasteiger partial charge in [-0.1, -0.05) is 12.6 Å². The van der Waals surface area contributed by atoms with Crippen molar-refractivity contribution in [2.75, 3.05) is 13.2 Å². The molecule has 5 nitrogen and oxygen atoms in total. The summed E-state index contributed by atoms with van der Waals surface area (Å²) in [7, 11) is 0. The molecule has 5 heteroatoms. The first-order chi connectivity index (χ1) is 8.11. The first kappa shape index (κ1) is 12.9. The molecular formula is C12H13NO4. The minimum Gasteiger partial charge on any atom is -0.459 e. The minimum atomic E-state index is -0.544. The van der Waals surface area contributed by atoms with Crippen molar-refractivity contribution in [3.05, 3.63) is 42.2 Å². The molecule has 17 heavy (non-hydrogen) atoms. The quantitative estimate of drug-likeness (QED) is 0.438. The lowest BCUT2D eigenvalue weighted by Gasteiger charge is -2.05. The van der Waals surface area contributed by atoms with Gasteiger partial charge in [-0.05, 0) is 19.1 Å². The fourth-order valence-electron chi connectivity index (χ4n) is 0.949. The van der Waals surface area contributed by atoms with Gasteiger partial charge >= 0.3 is 11.9 Å². The molecule has 90 valence electrons. The van der Waals surface area contributed by atoms with E-state index in [0.29, 0.717) is 5.57 Å². The van der Waals surface area contributed by atoms with Crippen LogP contribution in [0.15, 0.2) is 36.5 Å². The topological polar surface area (TPSA) is 65.5 Å². The number of hydrogen-bond donors (Lipinski definition) is 0. The second-order valence-corrected chi connectivity index (χ2v) is 3.27. The molecule has 0 radical (unpaired) electrons. The van der Waals surface area contributed by atoms with Gasteiger partial charge in [0.25, 0.3) is 0 Å². The van der Waals surface area contributed by atoms with Crippen molar-refractivity contribution in [1.82, 2.24) is 4.98 Å². The van der Waals surface area contributed by atoms with Gasteiger partial charge in [-0.2, -0.15) is 0 Å². The molecule has 0 unspecified atom stereocenters. The van der Waals surface area contributed by atoms with Crippen molar-refractivity contribution in [2.24, 2.45) is 0 Å². The lowest BCUT2D eigenvalue weighted by molar-refractivity contribution is -0.140. The molecule has 0 fully saturated rings. The summed E-state index contributed by atoms with van der Waals surface area (Å²) in [6, 6.07) is 4.93. The van der Waals surface area contributed by atoms with Gasteiger partial charge in [-0.3, -0.25) is 0 Å². The van der Waals surface area contributed by atoms with Gasteiger partial charge in [0.2, 0.25) is 0 Å². The normalized spacial score (nSPS) is 9.47. The van der Waals surface area contributed by atoms with E-state index in [9.17, 15) is 9.59 Å². The van der Waals surface area contributed by atoms with E-state index < -0.39 is 11.9 Å². The highest BCUT2D eigenvalue weighted by molar-refractivity contribution is 5.87. The highest BCUT2D eigenvalue weighted by Gasteiger charge is 2.08. The maximum atomic E-state index is 11.4. The molecule has 0 aromatic carbocycles. The second-order valence-electron chi connectivity index (χ2n) is 3.27. The van der Waals surface area contributed by atoms with Crippen LogP contribution in [0.4, 0.5) is 0 Å². The summed E-state index contributed by atoms with van der Waals surface area (Å²) >= 11 is 0. The van der Waals surface area contributed by atoms with Crippen LogP contribution in [0.3, 0.4) is 0 Å². The summed E-state index contributed by atoms with van der Waals surface area (Å²) in [5, 5.41) is 0. The maximum Gasteiger partial charge on any atom is 0.357 e. The Morgan fingerprint density at radius 3 is 2.59 bits per heavy atom. The van der Waals surface area contributed by atoms with Crippen LogP contribution in [0.5, 0.6) is 0 Å². The molecule has 0 N–H and O–H groups in total. The van der Waals surface area contributed by atoms with Crippen LogP contribution >= 0.6 is 0 Å². The van der Waals surface area contributed by atoms with Gasteiger partial charge in [0.05, 0.1) is 0 Å². The van der Waals surface area contributed by atoms with Crippen LogP contribution in [0.2, 0.25) is 0 Å². The van der Waals surface area contributed by atoms with E-state index in [1.807, 2.05) is 0 Å². The van der Waals surface area contributed by atoms with Crippen molar-refractivity contribution in [1.29, 1.82) is 0 Å². The number of esters is 2. The van der Waals surface area contributed by atoms with Gasteiger partial charge < -0.3 is 9.47 Å². The molecule has 0 amide bonds. The standard InChI is InChI=1S/C12H13NO4/c1-9(2)11(14)16-7-8-17-12(15)10-5-3-4-6-13-10/h3-6H,1,7-8H2,2H3. The number of nitrogens with zero attached hydrogens (tertiary/aromatic N) is 1. The SMILES string of the molecule is C=C(C)C(=O)OCCOC(=O)c1ccccn1. The average Bonchev–Trinajstić information content (AvgIpc) is 2.35. The summed E-state index contributed by atoms with van der Waals surface area (Å²) in [5.74, 6) is -1.05. The zero-order chi connectivity index (χ0) is 12.7. The Bertz CT molecular complexity index is 414. The Morgan fingerprint density at radius 2 is 2.00 bits per heavy atom. The molecule has 0 aliphatic rings. The molecule has 1 aromatic rings. The molecule has 1 aromatic heterocycles. The minimum absolute atomic E-state index is 0.00423. The number of carbonyl (C=O) groups excluding carboxylic acids is 2. The lowest BCUT2D eigenvalue weighted by atomic mass is 10.3. The molecule has 0 atom stereocenters. The van der Waals surface area contributed by atoms with Crippen molar-refractivity contribution in [3.8, 4) is 0 Å². The van der Waals surface area contributed by atoms with Crippen LogP contribution in [0, 0.1) is 0 Å². The third-order valence-corrected chi connectivity index (χ3v) is 1.77. The Kier molecular flexibility index (Phi) is 4.87. The van der Waals surface area contributed by atoms with E-state index in [4.69, 9.17) is 9.47 Å². The van der Waals surface area contributed by atoms with E-state index >= 15 is 0 Å². The van der Waals surface area contributed by atoms with E-state index in [1.54, 1.807) is 25.1 Å². The molecule has 0 saturated carbocycles. The van der Waals surface area contributed by atoms with Gasteiger partial charge in [-0.25, -0.2) is 14.6 Å². The van der Waals surface area contributed by atoms with Crippen molar-refractivity contribution < 1.29 is 19.1 Å². The summed E-state index contributed by atoms with van der Waals surface area (Å²) in [5.41, 5.74) is 0.528. The third-order valence-electron chi connectivity index (χ3n) is 1.77. The molecular weight excluding hydrogens is 222 g/mol. The van der Waals surface area contributed by atoms with Crippen molar-refractivity contribution >= 4 is 11.9 Å². The molecule has 1 heterocycles. The first-order valence-electron chi connectivity index (χ1n) is 5.02. The highest BCUT2D eigenvalue weighted by Crippen LogP contribution is 1.97. The van der Waals surface area contributed by atoms with E-state index in [2.05, 4.69) is 11.6 Å². The summed E-state index contributed by atoms with van der Waals surface area (Å²) < 4.78 is 9.60. The highest BCUT2D eigenvalue weighted by atomic mass is 16.6. The van der Waals surface area contributed by atoms with E-state index in [1.165, 1.54) is 6.20 Å². The fraction of sp³-hybridized carbons (Fsp3) is 0.250. The molecule has 0 aliphatic carbocycles. The van der Waals surface area contributed by atoms with Crippen molar-refractivity contribution in [2.45, 2.75) is 6.92 Å². The number of aromatic nitrogens is 1. The predicted molar refractivity (Wildman–Crippen MR) is 60.3 cm³/mol. The first-order valence-corrected chi connectivity index (χ1v) is 5.02. The number of pyridine rings is 1. The van der Waals surface area contributed by atoms with Gasteiger partial charge in [0.15, 0.2) is 0 Å². The maximum absolute atomic E-state index is 11.4. The van der Waals surface area contributed by atoms with Gasteiger partial charge in [-0.15, -0.1) is 0 Å². The fourth-order valence-corrected chi connectivity index (χ4v) is 0.949. The van der Waals surface area contributed by atoms with E-state index in [0.717, 1.165) is 0 Å². The van der Waals surface area contributed by atoms with Crippen LogP contribution in [0.25, 0.3) is 0 Å². The number of ether oxygens (including phenoxy) is 2. The van der Waals surface area contributed by atoms with Crippen LogP contribution in [0.1, 0.15) is 17.4 Å². The van der Waals surface area contributed by atoms with E-state index in [-0.39, 0.29) is 18.9 Å². The largest absolute Gasteiger partial charge is 0.459 e. The zero-order valence-corrected chi connectivity index (χ0v) is 9.51. The lowest BCUT2D eigenvalue weighted by Crippen LogP contribution is -2.14. The molecule has 1 rings (SSSR count). The van der Waals surface area contributed by atoms with Gasteiger partial charge in [0, 0.05) is 11.8 Å². The summed E-state index contributed by atoms with van der Waals surface area (Å²) in [6.07, 6.45) is 1.50. The Hall–Kier alpha value is -2.17. The van der Waals surface area contributed by atoms with Crippen LogP contribution in [-0.4, -0.2) is 30.1 Å². The third kappa shape index (κ3) is 4.46. The molecule has 0 saturated heterocycles. The average molecular weight is 235 g/mol. The second kappa shape index (κ2) is 6.42. The number of carbonyl (C=O) groups is 2. The summed E-state index contributed by atoms with van der Waals surface area (Å²) in [6.45, 7) is 4.97. The number of rotatable bonds is 5. The molecule has 0 bridgehead atoms. The monoisotopic (exact) mass is 235 g/mol.